The Labute approximate surface area is 117 Å². The van der Waals surface area contributed by atoms with E-state index in [4.69, 9.17) is 0 Å². The van der Waals surface area contributed by atoms with E-state index in [1.165, 1.54) is 26.1 Å². The minimum atomic E-state index is -4.45. The summed E-state index contributed by atoms with van der Waals surface area (Å²) in [5.74, 6) is -0.941. The molecule has 0 saturated heterocycles. The van der Waals surface area contributed by atoms with Crippen molar-refractivity contribution in [1.29, 1.82) is 0 Å². The topological polar surface area (TPSA) is 74.7 Å². The van der Waals surface area contributed by atoms with Crippen molar-refractivity contribution in [1.82, 2.24) is 14.8 Å². The Morgan fingerprint density at radius 2 is 2.14 bits per heavy atom. The summed E-state index contributed by atoms with van der Waals surface area (Å²) in [4.78, 5) is 15.3. The van der Waals surface area contributed by atoms with Gasteiger partial charge in [-0.15, -0.1) is 0 Å². The predicted octanol–water partition coefficient (Wildman–Crippen LogP) is 1.42. The zero-order valence-electron chi connectivity index (χ0n) is 11.2. The smallest absolute Gasteiger partial charge is 0.396 e. The average molecular weight is 300 g/mol. The molecular formula is C12H11F3N4O2. The zero-order valence-corrected chi connectivity index (χ0v) is 11.2. The van der Waals surface area contributed by atoms with Gasteiger partial charge in [-0.1, -0.05) is 0 Å². The highest BCUT2D eigenvalue weighted by Gasteiger charge is 2.32. The lowest BCUT2D eigenvalue weighted by atomic mass is 10.1. The molecule has 0 aliphatic carbocycles. The van der Waals surface area contributed by atoms with E-state index in [-0.39, 0.29) is 17.1 Å². The van der Waals surface area contributed by atoms with Crippen LogP contribution in [0, 0.1) is 5.21 Å². The van der Waals surface area contributed by atoms with Crippen LogP contribution >= 0.6 is 0 Å². The third-order valence-electron chi connectivity index (χ3n) is 2.72. The maximum absolute atomic E-state index is 12.4. The molecule has 0 aliphatic heterocycles. The van der Waals surface area contributed by atoms with Gasteiger partial charge in [-0.2, -0.15) is 23.0 Å². The largest absolute Gasteiger partial charge is 0.618 e. The second-order valence-corrected chi connectivity index (χ2v) is 4.42. The Morgan fingerprint density at radius 3 is 2.71 bits per heavy atom. The molecule has 2 heterocycles. The van der Waals surface area contributed by atoms with Crippen LogP contribution < -0.4 is 4.73 Å². The van der Waals surface area contributed by atoms with Crippen molar-refractivity contribution in [3.05, 3.63) is 34.9 Å². The van der Waals surface area contributed by atoms with Crippen molar-refractivity contribution in [2.45, 2.75) is 19.5 Å². The highest BCUT2D eigenvalue weighted by atomic mass is 19.4. The van der Waals surface area contributed by atoms with Gasteiger partial charge in [0.1, 0.15) is 6.42 Å². The highest BCUT2D eigenvalue weighted by molar-refractivity contribution is 5.98. The number of aromatic nitrogens is 4. The first kappa shape index (κ1) is 14.9. The summed E-state index contributed by atoms with van der Waals surface area (Å²) in [5.41, 5.74) is -0.0463. The Kier molecular flexibility index (Phi) is 3.67. The van der Waals surface area contributed by atoms with E-state index in [9.17, 15) is 23.2 Å². The summed E-state index contributed by atoms with van der Waals surface area (Å²) < 4.78 is 38.5. The zero-order chi connectivity index (χ0) is 15.8. The molecule has 0 radical (unpaired) electrons. The second kappa shape index (κ2) is 5.15. The third kappa shape index (κ3) is 3.18. The fourth-order valence-corrected chi connectivity index (χ4v) is 1.89. The van der Waals surface area contributed by atoms with Crippen LogP contribution in [0.25, 0.3) is 11.5 Å². The van der Waals surface area contributed by atoms with E-state index in [1.54, 1.807) is 0 Å². The third-order valence-corrected chi connectivity index (χ3v) is 2.72. The number of Topliss-reactive ketones (excluding diaryl/α,β-unsaturated/α-hetero) is 1. The SMILES string of the molecule is CC(=O)c1ccc[n+]([O-])c1-c1nc(CC(F)(F)F)nn1C. The quantitative estimate of drug-likeness (QED) is 0.488. The standard InChI is InChI=1S/C12H11F3N4O2/c1-7(20)8-4-3-5-19(21)10(8)11-16-9(17-18(11)2)6-12(13,14)15/h3-5H,6H2,1-2H3. The second-order valence-electron chi connectivity index (χ2n) is 4.42. The maximum Gasteiger partial charge on any atom is 0.396 e. The highest BCUT2D eigenvalue weighted by Crippen LogP contribution is 2.22. The molecule has 2 aromatic rings. The molecule has 0 aromatic carbocycles. The van der Waals surface area contributed by atoms with Gasteiger partial charge in [0.25, 0.3) is 5.69 Å². The normalized spacial score (nSPS) is 11.7. The summed E-state index contributed by atoms with van der Waals surface area (Å²) in [7, 11) is 1.36. The van der Waals surface area contributed by atoms with Gasteiger partial charge in [0.2, 0.25) is 5.82 Å². The van der Waals surface area contributed by atoms with Gasteiger partial charge < -0.3 is 5.21 Å². The Hall–Kier alpha value is -2.45. The van der Waals surface area contributed by atoms with Crippen molar-refractivity contribution < 1.29 is 22.7 Å². The Morgan fingerprint density at radius 1 is 1.48 bits per heavy atom. The molecule has 112 valence electrons. The number of rotatable bonds is 3. The van der Waals surface area contributed by atoms with Crippen LogP contribution in [0.1, 0.15) is 23.1 Å². The van der Waals surface area contributed by atoms with Gasteiger partial charge >= 0.3 is 6.18 Å². The van der Waals surface area contributed by atoms with E-state index in [2.05, 4.69) is 10.1 Å². The molecule has 9 heteroatoms. The Bertz CT molecular complexity index is 694. The molecule has 0 unspecified atom stereocenters. The molecular weight excluding hydrogens is 289 g/mol. The lowest BCUT2D eigenvalue weighted by molar-refractivity contribution is -0.594. The summed E-state index contributed by atoms with van der Waals surface area (Å²) in [5, 5.41) is 15.5. The molecule has 0 aliphatic rings. The lowest BCUT2D eigenvalue weighted by Crippen LogP contribution is -2.31. The van der Waals surface area contributed by atoms with Gasteiger partial charge in [0.05, 0.1) is 5.56 Å². The first-order valence-corrected chi connectivity index (χ1v) is 5.89. The van der Waals surface area contributed by atoms with Crippen LogP contribution in [0.2, 0.25) is 0 Å². The molecule has 2 aromatic heterocycles. The van der Waals surface area contributed by atoms with Crippen molar-refractivity contribution in [2.75, 3.05) is 0 Å². The van der Waals surface area contributed by atoms with Crippen LogP contribution in [0.5, 0.6) is 0 Å². The molecule has 0 N–H and O–H groups in total. The summed E-state index contributed by atoms with van der Waals surface area (Å²) in [6, 6.07) is 2.78. The van der Waals surface area contributed by atoms with Gasteiger partial charge in [-0.05, 0) is 13.0 Å². The number of hydrogen-bond acceptors (Lipinski definition) is 4. The van der Waals surface area contributed by atoms with Crippen LogP contribution in [-0.2, 0) is 13.5 Å². The van der Waals surface area contributed by atoms with E-state index >= 15 is 0 Å². The van der Waals surface area contributed by atoms with Crippen molar-refractivity contribution in [3.8, 4) is 11.5 Å². The number of nitrogens with zero attached hydrogens (tertiary/aromatic N) is 4. The van der Waals surface area contributed by atoms with Gasteiger partial charge in [-0.3, -0.25) is 4.79 Å². The number of pyridine rings is 1. The van der Waals surface area contributed by atoms with E-state index < -0.39 is 24.2 Å². The van der Waals surface area contributed by atoms with E-state index in [1.807, 2.05) is 0 Å². The molecule has 0 fully saturated rings. The lowest BCUT2D eigenvalue weighted by Gasteiger charge is -2.06. The predicted molar refractivity (Wildman–Crippen MR) is 65.2 cm³/mol. The van der Waals surface area contributed by atoms with Crippen molar-refractivity contribution >= 4 is 5.78 Å². The molecule has 0 spiro atoms. The average Bonchev–Trinajstić information content (AvgIpc) is 2.66. The van der Waals surface area contributed by atoms with Crippen LogP contribution in [0.4, 0.5) is 13.2 Å². The van der Waals surface area contributed by atoms with Crippen LogP contribution in [0.3, 0.4) is 0 Å². The minimum Gasteiger partial charge on any atom is -0.618 e. The molecule has 6 nitrogen and oxygen atoms in total. The number of carbonyl (C=O) groups is 1. The summed E-state index contributed by atoms with van der Waals surface area (Å²) in [6.45, 7) is 1.26. The number of carbonyl (C=O) groups excluding carboxylic acids is 1. The maximum atomic E-state index is 12.4. The summed E-state index contributed by atoms with van der Waals surface area (Å²) in [6.07, 6.45) is -4.62. The van der Waals surface area contributed by atoms with E-state index in [0.717, 1.165) is 10.9 Å². The number of alkyl halides is 3. The number of halogens is 3. The molecule has 0 amide bonds. The summed E-state index contributed by atoms with van der Waals surface area (Å²) >= 11 is 0. The first-order chi connectivity index (χ1) is 9.69. The monoisotopic (exact) mass is 300 g/mol. The van der Waals surface area contributed by atoms with Crippen LogP contribution in [0.15, 0.2) is 18.3 Å². The fraction of sp³-hybridized carbons (Fsp3) is 0.333. The fourth-order valence-electron chi connectivity index (χ4n) is 1.89. The van der Waals surface area contributed by atoms with Gasteiger partial charge in [0.15, 0.2) is 17.8 Å². The van der Waals surface area contributed by atoms with Crippen LogP contribution in [-0.4, -0.2) is 26.7 Å². The van der Waals surface area contributed by atoms with Gasteiger partial charge in [-0.25, -0.2) is 9.67 Å². The van der Waals surface area contributed by atoms with E-state index in [0.29, 0.717) is 4.73 Å². The number of aryl methyl sites for hydroxylation is 1. The Balaban J connectivity index is 2.55. The number of ketones is 1. The molecule has 0 saturated carbocycles. The van der Waals surface area contributed by atoms with Crippen molar-refractivity contribution in [3.63, 3.8) is 0 Å². The molecule has 0 bridgehead atoms. The van der Waals surface area contributed by atoms with Gasteiger partial charge in [0, 0.05) is 13.1 Å². The number of hydrogen-bond donors (Lipinski definition) is 0. The molecule has 21 heavy (non-hydrogen) atoms. The minimum absolute atomic E-state index is 0.0709. The molecule has 2 rings (SSSR count). The first-order valence-electron chi connectivity index (χ1n) is 5.89. The van der Waals surface area contributed by atoms with Crippen molar-refractivity contribution in [2.24, 2.45) is 7.05 Å². The molecule has 0 atom stereocenters.